The smallest absolute Gasteiger partial charge is 0.313 e. The van der Waals surface area contributed by atoms with Gasteiger partial charge in [-0.25, -0.2) is 4.74 Å². The SMILES string of the molecule is CCOC(=O)CC1C(=O)N(Cc2ccccc2)CC(C)(C)C=[N+]1[O-]. The van der Waals surface area contributed by atoms with Crippen LogP contribution >= 0.6 is 0 Å². The summed E-state index contributed by atoms with van der Waals surface area (Å²) in [4.78, 5) is 26.3. The first kappa shape index (κ1) is 18.0. The van der Waals surface area contributed by atoms with Crippen LogP contribution in [0.25, 0.3) is 0 Å². The number of carbonyl (C=O) groups is 2. The van der Waals surface area contributed by atoms with Gasteiger partial charge in [0.2, 0.25) is 0 Å². The highest BCUT2D eigenvalue weighted by Gasteiger charge is 2.40. The lowest BCUT2D eigenvalue weighted by atomic mass is 9.94. The molecular formula is C18H24N2O4. The van der Waals surface area contributed by atoms with Gasteiger partial charge >= 0.3 is 5.97 Å². The maximum Gasteiger partial charge on any atom is 0.313 e. The predicted molar refractivity (Wildman–Crippen MR) is 90.4 cm³/mol. The van der Waals surface area contributed by atoms with E-state index in [0.717, 1.165) is 5.56 Å². The third-order valence-electron chi connectivity index (χ3n) is 3.86. The monoisotopic (exact) mass is 332 g/mol. The number of amides is 1. The summed E-state index contributed by atoms with van der Waals surface area (Å²) in [6.45, 7) is 6.54. The van der Waals surface area contributed by atoms with Gasteiger partial charge in [-0.1, -0.05) is 30.3 Å². The standard InChI is InChI=1S/C18H24N2O4/c1-4-24-16(21)10-15-17(22)19(11-14-8-6-5-7-9-14)12-18(2,3)13-20(15)23/h5-9,13,15H,4,10-12H2,1-3H3. The van der Waals surface area contributed by atoms with Crippen molar-refractivity contribution < 1.29 is 19.1 Å². The van der Waals surface area contributed by atoms with E-state index in [1.54, 1.807) is 11.8 Å². The first-order valence-electron chi connectivity index (χ1n) is 8.12. The Morgan fingerprint density at radius 1 is 1.38 bits per heavy atom. The number of carbonyl (C=O) groups excluding carboxylic acids is 2. The van der Waals surface area contributed by atoms with Gasteiger partial charge in [-0.3, -0.25) is 9.59 Å². The van der Waals surface area contributed by atoms with Gasteiger partial charge in [0.15, 0.2) is 6.21 Å². The second-order valence-corrected chi connectivity index (χ2v) is 6.68. The molecule has 24 heavy (non-hydrogen) atoms. The Kier molecular flexibility index (Phi) is 5.59. The third kappa shape index (κ3) is 4.57. The van der Waals surface area contributed by atoms with Crippen LogP contribution in [0.3, 0.4) is 0 Å². The van der Waals surface area contributed by atoms with Crippen LogP contribution in [0.1, 0.15) is 32.8 Å². The van der Waals surface area contributed by atoms with E-state index >= 15 is 0 Å². The number of hydrogen-bond donors (Lipinski definition) is 0. The summed E-state index contributed by atoms with van der Waals surface area (Å²) in [5.74, 6) is -0.881. The second kappa shape index (κ2) is 7.47. The minimum atomic E-state index is -1.07. The molecule has 1 aliphatic rings. The molecule has 1 aromatic carbocycles. The van der Waals surface area contributed by atoms with Gasteiger partial charge in [-0.2, -0.15) is 0 Å². The van der Waals surface area contributed by atoms with E-state index in [9.17, 15) is 14.8 Å². The van der Waals surface area contributed by atoms with Crippen LogP contribution in [0, 0.1) is 10.6 Å². The summed E-state index contributed by atoms with van der Waals surface area (Å²) in [5.41, 5.74) is 0.506. The van der Waals surface area contributed by atoms with E-state index in [-0.39, 0.29) is 18.9 Å². The van der Waals surface area contributed by atoms with Gasteiger partial charge < -0.3 is 14.8 Å². The van der Waals surface area contributed by atoms with Crippen molar-refractivity contribution >= 4 is 18.1 Å². The van der Waals surface area contributed by atoms with E-state index < -0.39 is 17.4 Å². The fourth-order valence-corrected chi connectivity index (χ4v) is 2.86. The summed E-state index contributed by atoms with van der Waals surface area (Å²) in [5, 5.41) is 12.4. The maximum atomic E-state index is 12.8. The number of rotatable bonds is 5. The van der Waals surface area contributed by atoms with Gasteiger partial charge in [0.1, 0.15) is 6.42 Å². The van der Waals surface area contributed by atoms with Gasteiger partial charge in [-0.15, -0.1) is 0 Å². The molecule has 1 aliphatic heterocycles. The lowest BCUT2D eigenvalue weighted by Crippen LogP contribution is -2.43. The fourth-order valence-electron chi connectivity index (χ4n) is 2.86. The lowest BCUT2D eigenvalue weighted by Gasteiger charge is -2.27. The van der Waals surface area contributed by atoms with E-state index in [4.69, 9.17) is 4.74 Å². The molecule has 0 radical (unpaired) electrons. The van der Waals surface area contributed by atoms with Crippen LogP contribution in [0.15, 0.2) is 30.3 Å². The quantitative estimate of drug-likeness (QED) is 0.469. The normalized spacial score (nSPS) is 20.3. The molecule has 0 saturated carbocycles. The number of hydrogen-bond acceptors (Lipinski definition) is 4. The van der Waals surface area contributed by atoms with Crippen molar-refractivity contribution in [3.63, 3.8) is 0 Å². The Morgan fingerprint density at radius 2 is 2.04 bits per heavy atom. The Bertz CT molecular complexity index is 625. The molecule has 2 rings (SSSR count). The molecule has 1 amide bonds. The van der Waals surface area contributed by atoms with Crippen molar-refractivity contribution in [2.45, 2.75) is 39.8 Å². The maximum absolute atomic E-state index is 12.8. The highest BCUT2D eigenvalue weighted by Crippen LogP contribution is 2.22. The summed E-state index contributed by atoms with van der Waals surface area (Å²) in [7, 11) is 0. The molecular weight excluding hydrogens is 308 g/mol. The van der Waals surface area contributed by atoms with Crippen molar-refractivity contribution in [2.24, 2.45) is 5.41 Å². The molecule has 0 N–H and O–H groups in total. The van der Waals surface area contributed by atoms with Gasteiger partial charge in [0, 0.05) is 13.1 Å². The molecule has 1 atom stereocenters. The van der Waals surface area contributed by atoms with E-state index in [2.05, 4.69) is 0 Å². The zero-order chi connectivity index (χ0) is 17.7. The zero-order valence-corrected chi connectivity index (χ0v) is 14.4. The molecule has 0 saturated heterocycles. The minimum Gasteiger partial charge on any atom is -0.623 e. The Labute approximate surface area is 142 Å². The molecule has 1 unspecified atom stereocenters. The second-order valence-electron chi connectivity index (χ2n) is 6.68. The summed E-state index contributed by atoms with van der Waals surface area (Å²) >= 11 is 0. The highest BCUT2D eigenvalue weighted by molar-refractivity contribution is 5.87. The van der Waals surface area contributed by atoms with Gasteiger partial charge in [-0.05, 0) is 26.3 Å². The van der Waals surface area contributed by atoms with E-state index in [1.165, 1.54) is 6.21 Å². The molecule has 0 fully saturated rings. The van der Waals surface area contributed by atoms with Crippen molar-refractivity contribution in [1.29, 1.82) is 0 Å². The zero-order valence-electron chi connectivity index (χ0n) is 14.4. The van der Waals surface area contributed by atoms with Crippen LogP contribution in [0.2, 0.25) is 0 Å². The average Bonchev–Trinajstić information content (AvgIpc) is 2.58. The number of nitrogens with zero attached hydrogens (tertiary/aromatic N) is 2. The first-order valence-corrected chi connectivity index (χ1v) is 8.12. The molecule has 0 spiro atoms. The third-order valence-corrected chi connectivity index (χ3v) is 3.86. The fraction of sp³-hybridized carbons (Fsp3) is 0.500. The van der Waals surface area contributed by atoms with Gasteiger partial charge in [0.25, 0.3) is 11.9 Å². The lowest BCUT2D eigenvalue weighted by molar-refractivity contribution is -0.484. The van der Waals surface area contributed by atoms with E-state index in [0.29, 0.717) is 17.8 Å². The topological polar surface area (TPSA) is 72.7 Å². The van der Waals surface area contributed by atoms with Crippen molar-refractivity contribution in [1.82, 2.24) is 4.90 Å². The van der Waals surface area contributed by atoms with E-state index in [1.807, 2.05) is 44.2 Å². The average molecular weight is 332 g/mol. The molecule has 1 heterocycles. The molecule has 0 bridgehead atoms. The first-order chi connectivity index (χ1) is 11.3. The molecule has 130 valence electrons. The minimum absolute atomic E-state index is 0.224. The number of hydroxylamine groups is 1. The predicted octanol–water partition coefficient (Wildman–Crippen LogP) is 1.96. The van der Waals surface area contributed by atoms with Crippen LogP contribution < -0.4 is 0 Å². The van der Waals surface area contributed by atoms with Crippen molar-refractivity contribution in [3.05, 3.63) is 41.1 Å². The van der Waals surface area contributed by atoms with Crippen LogP contribution in [-0.4, -0.2) is 46.9 Å². The number of ether oxygens (including phenoxy) is 1. The van der Waals surface area contributed by atoms with Crippen molar-refractivity contribution in [3.8, 4) is 0 Å². The summed E-state index contributed by atoms with van der Waals surface area (Å²) in [6.07, 6.45) is 1.24. The Balaban J connectivity index is 2.25. The summed E-state index contributed by atoms with van der Waals surface area (Å²) < 4.78 is 5.51. The Hall–Kier alpha value is -2.37. The van der Waals surface area contributed by atoms with Crippen LogP contribution in [0.4, 0.5) is 0 Å². The van der Waals surface area contributed by atoms with Crippen LogP contribution in [-0.2, 0) is 20.9 Å². The van der Waals surface area contributed by atoms with Crippen molar-refractivity contribution in [2.75, 3.05) is 13.2 Å². The van der Waals surface area contributed by atoms with Gasteiger partial charge in [0.05, 0.1) is 12.0 Å². The molecule has 0 aromatic heterocycles. The number of esters is 1. The Morgan fingerprint density at radius 3 is 2.67 bits per heavy atom. The largest absolute Gasteiger partial charge is 0.623 e. The molecule has 6 nitrogen and oxygen atoms in total. The molecule has 1 aromatic rings. The number of benzene rings is 1. The summed E-state index contributed by atoms with van der Waals surface area (Å²) in [6, 6.07) is 8.52. The molecule has 6 heteroatoms. The van der Waals surface area contributed by atoms with Crippen LogP contribution in [0.5, 0.6) is 0 Å². The molecule has 0 aliphatic carbocycles. The highest BCUT2D eigenvalue weighted by atomic mass is 16.5.